The van der Waals surface area contributed by atoms with Crippen LogP contribution in [0.1, 0.15) is 19.4 Å². The number of carboxylic acid groups (broad SMARTS) is 1. The van der Waals surface area contributed by atoms with Crippen LogP contribution in [-0.2, 0) is 25.6 Å². The summed E-state index contributed by atoms with van der Waals surface area (Å²) in [6, 6.07) is 4.67. The van der Waals surface area contributed by atoms with Crippen molar-refractivity contribution in [2.24, 2.45) is 5.73 Å². The minimum Gasteiger partial charge on any atom is -0.480 e. The molecule has 0 aliphatic carbocycles. The highest BCUT2D eigenvalue weighted by molar-refractivity contribution is 5.93. The molecule has 3 amide bonds. The summed E-state index contributed by atoms with van der Waals surface area (Å²) in [6.07, 6.45) is 1.94. The first-order valence-corrected chi connectivity index (χ1v) is 9.10. The maximum absolute atomic E-state index is 12.6. The summed E-state index contributed by atoms with van der Waals surface area (Å²) >= 11 is 0. The van der Waals surface area contributed by atoms with Crippen LogP contribution in [0.3, 0.4) is 0 Å². The number of carbonyl (C=O) groups is 4. The number of nitrogens with two attached hydrogens (primary N) is 1. The fourth-order valence-electron chi connectivity index (χ4n) is 2.68. The Morgan fingerprint density at radius 2 is 1.79 bits per heavy atom. The van der Waals surface area contributed by atoms with E-state index in [9.17, 15) is 19.2 Å². The van der Waals surface area contributed by atoms with E-state index in [-0.39, 0.29) is 6.42 Å². The topological polar surface area (TPSA) is 166 Å². The summed E-state index contributed by atoms with van der Waals surface area (Å²) in [4.78, 5) is 50.3. The Labute approximate surface area is 167 Å². The second kappa shape index (κ2) is 9.69. The van der Waals surface area contributed by atoms with Gasteiger partial charge in [0.05, 0.1) is 12.6 Å². The molecular weight excluding hydrogens is 378 g/mol. The zero-order valence-electron chi connectivity index (χ0n) is 16.2. The van der Waals surface area contributed by atoms with Crippen LogP contribution in [0.25, 0.3) is 10.9 Å². The molecular formula is C19H25N5O5. The van der Waals surface area contributed by atoms with Crippen molar-refractivity contribution in [1.29, 1.82) is 0 Å². The van der Waals surface area contributed by atoms with E-state index >= 15 is 0 Å². The molecule has 0 spiro atoms. The largest absolute Gasteiger partial charge is 0.480 e. The molecule has 156 valence electrons. The molecule has 0 radical (unpaired) electrons. The zero-order valence-corrected chi connectivity index (χ0v) is 16.2. The van der Waals surface area contributed by atoms with Crippen molar-refractivity contribution < 1.29 is 24.3 Å². The summed E-state index contributed by atoms with van der Waals surface area (Å²) in [5, 5.41) is 17.0. The van der Waals surface area contributed by atoms with Gasteiger partial charge in [-0.15, -0.1) is 0 Å². The zero-order chi connectivity index (χ0) is 21.6. The maximum atomic E-state index is 12.6. The minimum absolute atomic E-state index is 0.182. The highest BCUT2D eigenvalue weighted by Gasteiger charge is 2.24. The molecule has 10 nitrogen and oxygen atoms in total. The number of aromatic amines is 1. The van der Waals surface area contributed by atoms with Crippen LogP contribution >= 0.6 is 0 Å². The fourth-order valence-corrected chi connectivity index (χ4v) is 2.68. The van der Waals surface area contributed by atoms with Gasteiger partial charge in [0.25, 0.3) is 0 Å². The predicted octanol–water partition coefficient (Wildman–Crippen LogP) is -0.752. The number of hydrogen-bond donors (Lipinski definition) is 6. The van der Waals surface area contributed by atoms with E-state index in [1.165, 1.54) is 13.8 Å². The molecule has 1 aromatic carbocycles. The second-order valence-electron chi connectivity index (χ2n) is 6.76. The Hall–Kier alpha value is -3.40. The molecule has 0 aliphatic heterocycles. The van der Waals surface area contributed by atoms with Crippen molar-refractivity contribution >= 4 is 34.6 Å². The van der Waals surface area contributed by atoms with E-state index in [0.717, 1.165) is 16.5 Å². The van der Waals surface area contributed by atoms with Gasteiger partial charge in [-0.05, 0) is 25.5 Å². The smallest absolute Gasteiger partial charge is 0.325 e. The lowest BCUT2D eigenvalue weighted by atomic mass is 10.0. The fraction of sp³-hybridized carbons (Fsp3) is 0.368. The molecule has 29 heavy (non-hydrogen) atoms. The van der Waals surface area contributed by atoms with Crippen LogP contribution < -0.4 is 21.7 Å². The standard InChI is InChI=1S/C19H25N5O5/c1-10(20)17(26)24-15(7-12-8-21-14-6-4-3-5-13(12)14)18(27)22-9-16(25)23-11(2)19(28)29/h3-6,8,10-11,15,21H,7,9,20H2,1-2H3,(H,22,27)(H,23,25)(H,24,26)(H,28,29). The number of H-pyrrole nitrogens is 1. The molecule has 0 bridgehead atoms. The van der Waals surface area contributed by atoms with Crippen molar-refractivity contribution in [1.82, 2.24) is 20.9 Å². The number of amides is 3. The van der Waals surface area contributed by atoms with Crippen molar-refractivity contribution in [2.75, 3.05) is 6.54 Å². The monoisotopic (exact) mass is 403 g/mol. The summed E-state index contributed by atoms with van der Waals surface area (Å²) in [5.41, 5.74) is 7.29. The third-order valence-electron chi connectivity index (χ3n) is 4.32. The number of carbonyl (C=O) groups excluding carboxylic acids is 3. The van der Waals surface area contributed by atoms with Crippen LogP contribution in [0.2, 0.25) is 0 Å². The average Bonchev–Trinajstić information content (AvgIpc) is 3.08. The Kier molecular flexibility index (Phi) is 7.32. The molecule has 0 fully saturated rings. The van der Waals surface area contributed by atoms with E-state index in [1.807, 2.05) is 24.3 Å². The number of rotatable bonds is 9. The van der Waals surface area contributed by atoms with Gasteiger partial charge in [0.2, 0.25) is 17.7 Å². The average molecular weight is 403 g/mol. The molecule has 3 atom stereocenters. The lowest BCUT2D eigenvalue weighted by molar-refractivity contribution is -0.141. The first kappa shape index (κ1) is 21.9. The molecule has 1 heterocycles. The van der Waals surface area contributed by atoms with Crippen LogP contribution in [0, 0.1) is 0 Å². The number of hydrogen-bond acceptors (Lipinski definition) is 5. The van der Waals surface area contributed by atoms with Crippen molar-refractivity contribution in [3.63, 3.8) is 0 Å². The predicted molar refractivity (Wildman–Crippen MR) is 106 cm³/mol. The van der Waals surface area contributed by atoms with Gasteiger partial charge in [0.1, 0.15) is 12.1 Å². The van der Waals surface area contributed by atoms with E-state index in [1.54, 1.807) is 6.20 Å². The quantitative estimate of drug-likeness (QED) is 0.322. The van der Waals surface area contributed by atoms with E-state index in [2.05, 4.69) is 20.9 Å². The number of para-hydroxylation sites is 1. The van der Waals surface area contributed by atoms with Gasteiger partial charge in [-0.3, -0.25) is 19.2 Å². The van der Waals surface area contributed by atoms with Gasteiger partial charge < -0.3 is 31.8 Å². The molecule has 3 unspecified atom stereocenters. The van der Waals surface area contributed by atoms with Gasteiger partial charge in [-0.25, -0.2) is 0 Å². The molecule has 7 N–H and O–H groups in total. The SMILES string of the molecule is CC(N)C(=O)NC(Cc1c[nH]c2ccccc12)C(=O)NCC(=O)NC(C)C(=O)O. The summed E-state index contributed by atoms with van der Waals surface area (Å²) in [7, 11) is 0. The van der Waals surface area contributed by atoms with Gasteiger partial charge in [-0.2, -0.15) is 0 Å². The third-order valence-corrected chi connectivity index (χ3v) is 4.32. The van der Waals surface area contributed by atoms with Gasteiger partial charge in [-0.1, -0.05) is 18.2 Å². The van der Waals surface area contributed by atoms with Crippen molar-refractivity contribution in [3.05, 3.63) is 36.0 Å². The van der Waals surface area contributed by atoms with E-state index in [4.69, 9.17) is 10.8 Å². The lowest BCUT2D eigenvalue weighted by Crippen LogP contribution is -2.53. The lowest BCUT2D eigenvalue weighted by Gasteiger charge is -2.19. The summed E-state index contributed by atoms with van der Waals surface area (Å²) < 4.78 is 0. The van der Waals surface area contributed by atoms with Crippen molar-refractivity contribution in [2.45, 2.75) is 38.4 Å². The molecule has 0 aliphatic rings. The molecule has 0 saturated heterocycles. The van der Waals surface area contributed by atoms with Crippen LogP contribution in [0.15, 0.2) is 30.5 Å². The number of carboxylic acids is 1. The Balaban J connectivity index is 2.08. The van der Waals surface area contributed by atoms with Crippen LogP contribution in [0.5, 0.6) is 0 Å². The maximum Gasteiger partial charge on any atom is 0.325 e. The summed E-state index contributed by atoms with van der Waals surface area (Å²) in [6.45, 7) is 2.39. The van der Waals surface area contributed by atoms with E-state index in [0.29, 0.717) is 0 Å². The minimum atomic E-state index is -1.19. The van der Waals surface area contributed by atoms with Gasteiger partial charge >= 0.3 is 5.97 Å². The third kappa shape index (κ3) is 6.04. The van der Waals surface area contributed by atoms with Gasteiger partial charge in [0, 0.05) is 23.5 Å². The van der Waals surface area contributed by atoms with Crippen molar-refractivity contribution in [3.8, 4) is 0 Å². The highest BCUT2D eigenvalue weighted by atomic mass is 16.4. The number of nitrogens with one attached hydrogen (secondary N) is 4. The first-order chi connectivity index (χ1) is 13.7. The Morgan fingerprint density at radius 1 is 1.10 bits per heavy atom. The van der Waals surface area contributed by atoms with Crippen LogP contribution in [0.4, 0.5) is 0 Å². The number of aliphatic carboxylic acids is 1. The second-order valence-corrected chi connectivity index (χ2v) is 6.76. The van der Waals surface area contributed by atoms with Gasteiger partial charge in [0.15, 0.2) is 0 Å². The van der Waals surface area contributed by atoms with E-state index < -0.39 is 48.4 Å². The Morgan fingerprint density at radius 3 is 2.45 bits per heavy atom. The molecule has 2 aromatic rings. The van der Waals surface area contributed by atoms with Crippen LogP contribution in [-0.4, -0.2) is 58.5 Å². The molecule has 1 aromatic heterocycles. The highest BCUT2D eigenvalue weighted by Crippen LogP contribution is 2.19. The number of fused-ring (bicyclic) bond motifs is 1. The number of aromatic nitrogens is 1. The molecule has 2 rings (SSSR count). The number of benzene rings is 1. The first-order valence-electron chi connectivity index (χ1n) is 9.10. The summed E-state index contributed by atoms with van der Waals surface area (Å²) in [5.74, 6) is -2.93. The normalized spacial score (nSPS) is 13.9. The molecule has 10 heteroatoms. The molecule has 0 saturated carbocycles. The Bertz CT molecular complexity index is 907.